The molecule has 0 radical (unpaired) electrons. The van der Waals surface area contributed by atoms with Gasteiger partial charge in [-0.05, 0) is 13.8 Å². The van der Waals surface area contributed by atoms with Gasteiger partial charge in [0.1, 0.15) is 11.1 Å². The van der Waals surface area contributed by atoms with Gasteiger partial charge >= 0.3 is 11.9 Å². The number of amides is 4. The van der Waals surface area contributed by atoms with Gasteiger partial charge in [-0.2, -0.15) is 5.06 Å². The second-order valence-electron chi connectivity index (χ2n) is 9.54. The van der Waals surface area contributed by atoms with Crippen molar-refractivity contribution in [3.05, 3.63) is 83.2 Å². The third-order valence-corrected chi connectivity index (χ3v) is 6.42. The first kappa shape index (κ1) is 32.0. The van der Waals surface area contributed by atoms with Crippen LogP contribution in [0.2, 0.25) is 0 Å². The summed E-state index contributed by atoms with van der Waals surface area (Å²) < 4.78 is 10.2. The van der Waals surface area contributed by atoms with Crippen LogP contribution in [0.5, 0.6) is 0 Å². The minimum absolute atomic E-state index is 0.0419. The number of hydrogen-bond donors (Lipinski definition) is 2. The van der Waals surface area contributed by atoms with Crippen LogP contribution < -0.4 is 0 Å². The van der Waals surface area contributed by atoms with Crippen molar-refractivity contribution >= 4 is 35.6 Å². The fraction of sp³-hybridized carbons (Fsp3) is 0.200. The average Bonchev–Trinajstić information content (AvgIpc) is 3.79. The summed E-state index contributed by atoms with van der Waals surface area (Å²) in [6.07, 6.45) is 0.380. The molecule has 2 aromatic carbocycles. The zero-order valence-corrected chi connectivity index (χ0v) is 24.0. The molecule has 4 amide bonds. The SMILES string of the molecule is Cc1noc(-c2ccccc2)c1C(=O)O.Cc1noc(-c2ccccc2)c1C(=O)ON1C(=O)CCC1=O.O=C1CCC(=O)N1O. The van der Waals surface area contributed by atoms with Crippen molar-refractivity contribution in [2.45, 2.75) is 39.5 Å². The lowest BCUT2D eigenvalue weighted by Crippen LogP contribution is -2.32. The zero-order chi connectivity index (χ0) is 32.7. The van der Waals surface area contributed by atoms with E-state index in [1.54, 1.807) is 50.2 Å². The second kappa shape index (κ2) is 14.0. The van der Waals surface area contributed by atoms with Crippen LogP contribution in [0.4, 0.5) is 0 Å². The van der Waals surface area contributed by atoms with E-state index in [0.29, 0.717) is 27.8 Å². The molecule has 232 valence electrons. The summed E-state index contributed by atoms with van der Waals surface area (Å²) in [7, 11) is 0. The van der Waals surface area contributed by atoms with E-state index in [1.165, 1.54) is 0 Å². The van der Waals surface area contributed by atoms with Crippen molar-refractivity contribution in [2.24, 2.45) is 0 Å². The number of imide groups is 2. The molecule has 4 aromatic rings. The highest BCUT2D eigenvalue weighted by Gasteiger charge is 2.35. The molecule has 6 rings (SSSR count). The molecule has 2 aliphatic rings. The molecule has 45 heavy (non-hydrogen) atoms. The van der Waals surface area contributed by atoms with E-state index in [1.807, 2.05) is 24.3 Å². The normalized spacial score (nSPS) is 14.1. The van der Waals surface area contributed by atoms with Crippen LogP contribution >= 0.6 is 0 Å². The Morgan fingerprint density at radius 1 is 0.689 bits per heavy atom. The van der Waals surface area contributed by atoms with Gasteiger partial charge in [0.15, 0.2) is 11.5 Å². The molecule has 0 spiro atoms. The largest absolute Gasteiger partial charge is 0.477 e. The number of nitrogens with zero attached hydrogens (tertiary/aromatic N) is 4. The highest BCUT2D eigenvalue weighted by Crippen LogP contribution is 2.28. The third-order valence-electron chi connectivity index (χ3n) is 6.42. The fourth-order valence-electron chi connectivity index (χ4n) is 4.16. The van der Waals surface area contributed by atoms with E-state index in [-0.39, 0.29) is 47.6 Å². The highest BCUT2D eigenvalue weighted by atomic mass is 16.7. The van der Waals surface area contributed by atoms with E-state index in [4.69, 9.17) is 24.2 Å². The monoisotopic (exact) mass is 618 g/mol. The molecule has 2 N–H and O–H groups in total. The molecule has 15 nitrogen and oxygen atoms in total. The Morgan fingerprint density at radius 3 is 1.49 bits per heavy atom. The maximum Gasteiger partial charge on any atom is 0.369 e. The quantitative estimate of drug-likeness (QED) is 0.241. The van der Waals surface area contributed by atoms with Gasteiger partial charge in [-0.25, -0.2) is 9.59 Å². The van der Waals surface area contributed by atoms with Crippen molar-refractivity contribution in [2.75, 3.05) is 0 Å². The van der Waals surface area contributed by atoms with E-state index in [2.05, 4.69) is 10.3 Å². The maximum absolute atomic E-state index is 12.3. The van der Waals surface area contributed by atoms with Gasteiger partial charge in [-0.3, -0.25) is 24.4 Å². The van der Waals surface area contributed by atoms with Crippen LogP contribution in [0, 0.1) is 13.8 Å². The van der Waals surface area contributed by atoms with Gasteiger partial charge in [0, 0.05) is 36.8 Å². The first-order chi connectivity index (χ1) is 21.5. The van der Waals surface area contributed by atoms with E-state index in [0.717, 1.165) is 5.56 Å². The molecule has 0 unspecified atom stereocenters. The summed E-state index contributed by atoms with van der Waals surface area (Å²) in [6, 6.07) is 18.0. The molecule has 2 aromatic heterocycles. The van der Waals surface area contributed by atoms with Gasteiger partial charge in [0.05, 0.1) is 11.4 Å². The number of hydrogen-bond acceptors (Lipinski definition) is 12. The smallest absolute Gasteiger partial charge is 0.369 e. The van der Waals surface area contributed by atoms with Gasteiger partial charge in [-0.15, -0.1) is 5.06 Å². The summed E-state index contributed by atoms with van der Waals surface area (Å²) in [5, 5.41) is 25.5. The molecule has 0 bridgehead atoms. The number of aryl methyl sites for hydroxylation is 2. The molecule has 0 aliphatic carbocycles. The lowest BCUT2D eigenvalue weighted by atomic mass is 10.1. The van der Waals surface area contributed by atoms with Crippen LogP contribution in [-0.4, -0.2) is 66.3 Å². The first-order valence-electron chi connectivity index (χ1n) is 13.4. The molecular formula is C30H26N4O11. The molecule has 4 heterocycles. The zero-order valence-electron chi connectivity index (χ0n) is 24.0. The van der Waals surface area contributed by atoms with Crippen LogP contribution in [0.1, 0.15) is 57.8 Å². The number of hydroxylamine groups is 4. The number of aromatic carboxylic acids is 1. The van der Waals surface area contributed by atoms with Crippen molar-refractivity contribution in [1.29, 1.82) is 0 Å². The third kappa shape index (κ3) is 7.34. The Bertz CT molecular complexity index is 1710. The predicted octanol–water partition coefficient (Wildman–Crippen LogP) is 3.74. The summed E-state index contributed by atoms with van der Waals surface area (Å²) in [6.45, 7) is 3.19. The summed E-state index contributed by atoms with van der Waals surface area (Å²) in [5.74, 6) is -3.40. The summed E-state index contributed by atoms with van der Waals surface area (Å²) >= 11 is 0. The number of carboxylic acids is 1. The summed E-state index contributed by atoms with van der Waals surface area (Å²) in [5.41, 5.74) is 2.30. The first-order valence-corrected chi connectivity index (χ1v) is 13.4. The minimum Gasteiger partial charge on any atom is -0.477 e. The Balaban J connectivity index is 0.000000172. The van der Waals surface area contributed by atoms with E-state index >= 15 is 0 Å². The van der Waals surface area contributed by atoms with E-state index < -0.39 is 35.6 Å². The molecule has 0 atom stereocenters. The van der Waals surface area contributed by atoms with Gasteiger partial charge < -0.3 is 19.0 Å². The fourth-order valence-corrected chi connectivity index (χ4v) is 4.16. The van der Waals surface area contributed by atoms with Crippen molar-refractivity contribution in [3.8, 4) is 22.6 Å². The molecule has 0 saturated carbocycles. The molecule has 15 heteroatoms. The number of carboxylic acid groups (broad SMARTS) is 1. The Kier molecular flexibility index (Phi) is 9.95. The molecular weight excluding hydrogens is 592 g/mol. The lowest BCUT2D eigenvalue weighted by molar-refractivity contribution is -0.173. The van der Waals surface area contributed by atoms with E-state index in [9.17, 15) is 28.8 Å². The standard InChI is InChI=1S/C15H12N2O5.C11H9NO3.C4H5NO3/c1-9-13(14(21-16-9)10-5-3-2-4-6-10)15(20)22-17-11(18)7-8-12(17)19;1-7-9(11(13)14)10(15-12-7)8-5-3-2-4-6-8;6-3-1-2-4(7)5(3)8/h2-6H,7-8H2,1H3;2-6H,1H3,(H,13,14);8H,1-2H2. The minimum atomic E-state index is -1.02. The summed E-state index contributed by atoms with van der Waals surface area (Å²) in [4.78, 5) is 71.7. The van der Waals surface area contributed by atoms with Crippen molar-refractivity contribution < 1.29 is 53.0 Å². The van der Waals surface area contributed by atoms with Gasteiger partial charge in [0.2, 0.25) is 0 Å². The van der Waals surface area contributed by atoms with Crippen molar-refractivity contribution in [1.82, 2.24) is 20.4 Å². The highest BCUT2D eigenvalue weighted by molar-refractivity contribution is 6.04. The van der Waals surface area contributed by atoms with Crippen molar-refractivity contribution in [3.63, 3.8) is 0 Å². The van der Waals surface area contributed by atoms with Crippen LogP contribution in [0.3, 0.4) is 0 Å². The molecule has 2 aliphatic heterocycles. The van der Waals surface area contributed by atoms with Crippen LogP contribution in [0.15, 0.2) is 69.7 Å². The second-order valence-corrected chi connectivity index (χ2v) is 9.54. The number of aromatic nitrogens is 2. The Labute approximate surface area is 254 Å². The van der Waals surface area contributed by atoms with Gasteiger partial charge in [0.25, 0.3) is 23.6 Å². The predicted molar refractivity (Wildman–Crippen MR) is 150 cm³/mol. The number of benzene rings is 2. The molecule has 2 fully saturated rings. The molecule has 2 saturated heterocycles. The van der Waals surface area contributed by atoms with Crippen LogP contribution in [0.25, 0.3) is 22.6 Å². The Morgan fingerprint density at radius 2 is 1.09 bits per heavy atom. The maximum atomic E-state index is 12.3. The lowest BCUT2D eigenvalue weighted by Gasteiger charge is -2.12. The number of carbonyl (C=O) groups is 6. The van der Waals surface area contributed by atoms with Crippen LogP contribution in [-0.2, 0) is 24.0 Å². The number of rotatable bonds is 5. The Hall–Kier alpha value is -5.96. The number of carbonyl (C=O) groups excluding carboxylic acids is 5. The average molecular weight is 619 g/mol. The topological polar surface area (TPSA) is 211 Å². The van der Waals surface area contributed by atoms with Gasteiger partial charge in [-0.1, -0.05) is 71.0 Å².